The molecule has 0 spiro atoms. The van der Waals surface area contributed by atoms with Gasteiger partial charge in [-0.2, -0.15) is 0 Å². The zero-order valence-corrected chi connectivity index (χ0v) is 14.0. The number of rotatable bonds is 8. The second-order valence-electron chi connectivity index (χ2n) is 6.36. The summed E-state index contributed by atoms with van der Waals surface area (Å²) in [6, 6.07) is 9.09. The van der Waals surface area contributed by atoms with Crippen LogP contribution in [-0.4, -0.2) is 6.61 Å². The summed E-state index contributed by atoms with van der Waals surface area (Å²) in [6.07, 6.45) is 14.0. The van der Waals surface area contributed by atoms with Crippen LogP contribution in [0.5, 0.6) is 0 Å². The summed E-state index contributed by atoms with van der Waals surface area (Å²) >= 11 is 0. The number of unbranched alkanes of at least 4 members (excludes halogenated alkanes) is 1. The molecule has 0 bridgehead atoms. The first kappa shape index (κ1) is 17.0. The van der Waals surface area contributed by atoms with E-state index in [2.05, 4.69) is 49.9 Å². The van der Waals surface area contributed by atoms with Crippen LogP contribution in [0.1, 0.15) is 62.5 Å². The highest BCUT2D eigenvalue weighted by Crippen LogP contribution is 2.36. The number of hydrogen-bond acceptors (Lipinski definition) is 1. The summed E-state index contributed by atoms with van der Waals surface area (Å²) in [7, 11) is 0. The SMILES string of the molecule is C=CCCCOCc1ccc(C2CCC(/C=C\C)CC2)cc1. The maximum absolute atomic E-state index is 5.69. The van der Waals surface area contributed by atoms with Crippen LogP contribution in [0.3, 0.4) is 0 Å². The van der Waals surface area contributed by atoms with Crippen molar-refractivity contribution >= 4 is 0 Å². The van der Waals surface area contributed by atoms with E-state index in [1.165, 1.54) is 36.8 Å². The number of ether oxygens (including phenoxy) is 1. The first-order valence-electron chi connectivity index (χ1n) is 8.73. The Hall–Kier alpha value is -1.34. The molecule has 0 atom stereocenters. The maximum Gasteiger partial charge on any atom is 0.0716 e. The van der Waals surface area contributed by atoms with Gasteiger partial charge >= 0.3 is 0 Å². The minimum atomic E-state index is 0.728. The van der Waals surface area contributed by atoms with Gasteiger partial charge in [0.25, 0.3) is 0 Å². The third-order valence-corrected chi connectivity index (χ3v) is 4.65. The van der Waals surface area contributed by atoms with E-state index in [1.807, 2.05) is 6.08 Å². The van der Waals surface area contributed by atoms with Crippen molar-refractivity contribution < 1.29 is 4.74 Å². The van der Waals surface area contributed by atoms with Crippen molar-refractivity contribution in [1.82, 2.24) is 0 Å². The average Bonchev–Trinajstić information content (AvgIpc) is 2.56. The lowest BCUT2D eigenvalue weighted by Gasteiger charge is -2.27. The fourth-order valence-corrected chi connectivity index (χ4v) is 3.32. The second-order valence-corrected chi connectivity index (χ2v) is 6.36. The third-order valence-electron chi connectivity index (χ3n) is 4.65. The quantitative estimate of drug-likeness (QED) is 0.421. The molecule has 1 aromatic rings. The van der Waals surface area contributed by atoms with Gasteiger partial charge in [0.05, 0.1) is 6.61 Å². The minimum Gasteiger partial charge on any atom is -0.377 e. The van der Waals surface area contributed by atoms with E-state index >= 15 is 0 Å². The number of benzene rings is 1. The summed E-state index contributed by atoms with van der Waals surface area (Å²) in [4.78, 5) is 0. The van der Waals surface area contributed by atoms with Gasteiger partial charge in [0.1, 0.15) is 0 Å². The van der Waals surface area contributed by atoms with Crippen molar-refractivity contribution in [3.8, 4) is 0 Å². The minimum absolute atomic E-state index is 0.728. The largest absolute Gasteiger partial charge is 0.377 e. The molecule has 120 valence electrons. The molecule has 0 aromatic heterocycles. The normalized spacial score (nSPS) is 22.0. The van der Waals surface area contributed by atoms with Gasteiger partial charge in [0, 0.05) is 6.61 Å². The first-order valence-corrected chi connectivity index (χ1v) is 8.73. The molecule has 0 amide bonds. The van der Waals surface area contributed by atoms with Gasteiger partial charge in [0.2, 0.25) is 0 Å². The Morgan fingerprint density at radius 2 is 1.86 bits per heavy atom. The summed E-state index contributed by atoms with van der Waals surface area (Å²) in [6.45, 7) is 7.41. The number of hydrogen-bond donors (Lipinski definition) is 0. The highest BCUT2D eigenvalue weighted by molar-refractivity contribution is 5.25. The highest BCUT2D eigenvalue weighted by Gasteiger charge is 2.20. The van der Waals surface area contributed by atoms with E-state index in [0.29, 0.717) is 0 Å². The van der Waals surface area contributed by atoms with Crippen molar-refractivity contribution in [3.05, 3.63) is 60.2 Å². The van der Waals surface area contributed by atoms with Gasteiger partial charge in [-0.3, -0.25) is 0 Å². The van der Waals surface area contributed by atoms with Crippen LogP contribution in [-0.2, 0) is 11.3 Å². The summed E-state index contributed by atoms with van der Waals surface area (Å²) in [5.41, 5.74) is 2.79. The molecule has 1 nitrogen and oxygen atoms in total. The maximum atomic E-state index is 5.69. The van der Waals surface area contributed by atoms with Gasteiger partial charge in [-0.05, 0) is 68.4 Å². The summed E-state index contributed by atoms with van der Waals surface area (Å²) in [5, 5.41) is 0. The lowest BCUT2D eigenvalue weighted by atomic mass is 9.78. The van der Waals surface area contributed by atoms with Crippen molar-refractivity contribution in [1.29, 1.82) is 0 Å². The monoisotopic (exact) mass is 298 g/mol. The molecule has 22 heavy (non-hydrogen) atoms. The molecule has 0 heterocycles. The first-order chi connectivity index (χ1) is 10.8. The Morgan fingerprint density at radius 3 is 2.50 bits per heavy atom. The molecular weight excluding hydrogens is 268 g/mol. The Kier molecular flexibility index (Phi) is 7.45. The topological polar surface area (TPSA) is 9.23 Å². The average molecular weight is 298 g/mol. The van der Waals surface area contributed by atoms with Crippen molar-refractivity contribution in [2.24, 2.45) is 5.92 Å². The lowest BCUT2D eigenvalue weighted by molar-refractivity contribution is 0.119. The van der Waals surface area contributed by atoms with Gasteiger partial charge < -0.3 is 4.74 Å². The Bertz CT molecular complexity index is 449. The molecule has 0 N–H and O–H groups in total. The molecular formula is C21H30O. The van der Waals surface area contributed by atoms with Gasteiger partial charge in [0.15, 0.2) is 0 Å². The van der Waals surface area contributed by atoms with E-state index in [1.54, 1.807) is 0 Å². The van der Waals surface area contributed by atoms with Crippen LogP contribution in [0.25, 0.3) is 0 Å². The van der Waals surface area contributed by atoms with E-state index < -0.39 is 0 Å². The fraction of sp³-hybridized carbons (Fsp3) is 0.524. The molecule has 1 saturated carbocycles. The van der Waals surface area contributed by atoms with Crippen molar-refractivity contribution in [2.75, 3.05) is 6.61 Å². The molecule has 1 aromatic carbocycles. The van der Waals surface area contributed by atoms with E-state index in [-0.39, 0.29) is 0 Å². The van der Waals surface area contributed by atoms with Crippen LogP contribution in [0, 0.1) is 5.92 Å². The Labute approximate surface area is 136 Å². The Morgan fingerprint density at radius 1 is 1.14 bits per heavy atom. The second kappa shape index (κ2) is 9.63. The van der Waals surface area contributed by atoms with Crippen LogP contribution in [0.4, 0.5) is 0 Å². The molecule has 1 aliphatic rings. The third kappa shape index (κ3) is 5.46. The van der Waals surface area contributed by atoms with Crippen LogP contribution in [0.2, 0.25) is 0 Å². The molecule has 0 unspecified atom stereocenters. The van der Waals surface area contributed by atoms with Crippen molar-refractivity contribution in [3.63, 3.8) is 0 Å². The smallest absolute Gasteiger partial charge is 0.0716 e. The van der Waals surface area contributed by atoms with Crippen LogP contribution in [0.15, 0.2) is 49.1 Å². The molecule has 2 rings (SSSR count). The summed E-state index contributed by atoms with van der Waals surface area (Å²) in [5.74, 6) is 1.56. The van der Waals surface area contributed by atoms with Gasteiger partial charge in [-0.1, -0.05) is 42.5 Å². The molecule has 1 heteroatoms. The predicted octanol–water partition coefficient (Wildman–Crippen LogP) is 6.02. The van der Waals surface area contributed by atoms with Crippen LogP contribution >= 0.6 is 0 Å². The lowest BCUT2D eigenvalue weighted by Crippen LogP contribution is -2.11. The predicted molar refractivity (Wildman–Crippen MR) is 95.0 cm³/mol. The molecule has 0 radical (unpaired) electrons. The van der Waals surface area contributed by atoms with Crippen LogP contribution < -0.4 is 0 Å². The number of allylic oxidation sites excluding steroid dienone is 3. The van der Waals surface area contributed by atoms with Crippen molar-refractivity contribution in [2.45, 2.75) is 58.0 Å². The molecule has 1 fully saturated rings. The van der Waals surface area contributed by atoms with E-state index in [9.17, 15) is 0 Å². The van der Waals surface area contributed by atoms with E-state index in [4.69, 9.17) is 4.74 Å². The zero-order valence-electron chi connectivity index (χ0n) is 14.0. The Balaban J connectivity index is 1.76. The van der Waals surface area contributed by atoms with E-state index in [0.717, 1.165) is 37.9 Å². The molecule has 1 aliphatic carbocycles. The standard InChI is InChI=1S/C21H30O/c1-3-5-6-16-22-17-19-10-14-21(15-11-19)20-12-8-18(7-4-2)9-13-20/h3-4,7,10-11,14-15,18,20H,1,5-6,8-9,12-13,16-17H2,2H3/b7-4-. The highest BCUT2D eigenvalue weighted by atomic mass is 16.5. The fourth-order valence-electron chi connectivity index (χ4n) is 3.32. The van der Waals surface area contributed by atoms with Gasteiger partial charge in [-0.15, -0.1) is 6.58 Å². The van der Waals surface area contributed by atoms with Gasteiger partial charge in [-0.25, -0.2) is 0 Å². The summed E-state index contributed by atoms with van der Waals surface area (Å²) < 4.78 is 5.69. The molecule has 0 aliphatic heterocycles. The zero-order chi connectivity index (χ0) is 15.6. The molecule has 0 saturated heterocycles.